The van der Waals surface area contributed by atoms with Crippen LogP contribution in [-0.2, 0) is 25.7 Å². The number of ether oxygens (including phenoxy) is 1. The zero-order chi connectivity index (χ0) is 21.6. The summed E-state index contributed by atoms with van der Waals surface area (Å²) in [5.41, 5.74) is 0.113. The van der Waals surface area contributed by atoms with Crippen LogP contribution in [-0.4, -0.2) is 35.5 Å². The molecule has 2 amide bonds. The minimum atomic E-state index is -1.74. The van der Waals surface area contributed by atoms with E-state index in [-0.39, 0.29) is 17.8 Å². The Bertz CT molecular complexity index is 989. The molecule has 0 fully saturated rings. The van der Waals surface area contributed by atoms with E-state index in [9.17, 15) is 32.3 Å². The number of aryl methyl sites for hydroxylation is 1. The SMILES string of the molecule is Cc1csc(=O)n1CCC(=O)OCC(=O)NCC(=O)Nc1ccc(F)c(F)c1F. The van der Waals surface area contributed by atoms with Crippen molar-refractivity contribution in [3.8, 4) is 0 Å². The topological polar surface area (TPSA) is 106 Å². The highest BCUT2D eigenvalue weighted by Gasteiger charge is 2.16. The Morgan fingerprint density at radius 2 is 1.86 bits per heavy atom. The summed E-state index contributed by atoms with van der Waals surface area (Å²) < 4.78 is 45.5. The number of nitrogens with one attached hydrogen (secondary N) is 2. The summed E-state index contributed by atoms with van der Waals surface area (Å²) >= 11 is 1.00. The van der Waals surface area contributed by atoms with E-state index in [2.05, 4.69) is 5.32 Å². The fraction of sp³-hybridized carbons (Fsp3) is 0.294. The molecular formula is C17H16F3N3O5S. The predicted molar refractivity (Wildman–Crippen MR) is 96.8 cm³/mol. The summed E-state index contributed by atoms with van der Waals surface area (Å²) in [6.45, 7) is 0.548. The van der Waals surface area contributed by atoms with Crippen LogP contribution in [0.25, 0.3) is 0 Å². The Morgan fingerprint density at radius 1 is 1.14 bits per heavy atom. The molecule has 0 spiro atoms. The number of hydrogen-bond donors (Lipinski definition) is 2. The predicted octanol–water partition coefficient (Wildman–Crippen LogP) is 1.32. The van der Waals surface area contributed by atoms with Crippen molar-refractivity contribution in [2.24, 2.45) is 0 Å². The van der Waals surface area contributed by atoms with E-state index in [1.54, 1.807) is 12.3 Å². The summed E-state index contributed by atoms with van der Waals surface area (Å²) in [5.74, 6) is -7.14. The van der Waals surface area contributed by atoms with E-state index in [0.717, 1.165) is 17.4 Å². The Labute approximate surface area is 166 Å². The summed E-state index contributed by atoms with van der Waals surface area (Å²) in [6, 6.07) is 1.47. The second-order valence-electron chi connectivity index (χ2n) is 5.75. The lowest BCUT2D eigenvalue weighted by Gasteiger charge is -2.09. The summed E-state index contributed by atoms with van der Waals surface area (Å²) in [4.78, 5) is 46.2. The van der Waals surface area contributed by atoms with Gasteiger partial charge in [-0.25, -0.2) is 13.2 Å². The van der Waals surface area contributed by atoms with Gasteiger partial charge in [-0.15, -0.1) is 0 Å². The first kappa shape index (κ1) is 22.1. The molecule has 0 radical (unpaired) electrons. The molecule has 0 bridgehead atoms. The normalized spacial score (nSPS) is 10.5. The van der Waals surface area contributed by atoms with Gasteiger partial charge in [0.05, 0.1) is 18.7 Å². The molecule has 0 aliphatic rings. The summed E-state index contributed by atoms with van der Waals surface area (Å²) in [6.07, 6.45) is -0.124. The van der Waals surface area contributed by atoms with E-state index < -0.39 is 54.1 Å². The van der Waals surface area contributed by atoms with Crippen molar-refractivity contribution in [2.45, 2.75) is 19.9 Å². The van der Waals surface area contributed by atoms with Crippen molar-refractivity contribution in [1.82, 2.24) is 9.88 Å². The minimum Gasteiger partial charge on any atom is -0.456 e. The Morgan fingerprint density at radius 3 is 2.52 bits per heavy atom. The number of hydrogen-bond acceptors (Lipinski definition) is 6. The number of carbonyl (C=O) groups excluding carboxylic acids is 3. The van der Waals surface area contributed by atoms with E-state index in [1.807, 2.05) is 5.32 Å². The molecule has 2 N–H and O–H groups in total. The molecule has 0 atom stereocenters. The smallest absolute Gasteiger partial charge is 0.308 e. The average Bonchev–Trinajstić information content (AvgIpc) is 3.01. The zero-order valence-electron chi connectivity index (χ0n) is 15.1. The van der Waals surface area contributed by atoms with E-state index in [0.29, 0.717) is 11.8 Å². The van der Waals surface area contributed by atoms with Gasteiger partial charge in [0, 0.05) is 17.6 Å². The van der Waals surface area contributed by atoms with Crippen LogP contribution in [0, 0.1) is 24.4 Å². The Balaban J connectivity index is 1.71. The van der Waals surface area contributed by atoms with Gasteiger partial charge in [0.15, 0.2) is 24.1 Å². The molecule has 156 valence electrons. The molecule has 2 rings (SSSR count). The third kappa shape index (κ3) is 6.17. The van der Waals surface area contributed by atoms with Gasteiger partial charge in [0.2, 0.25) is 5.91 Å². The van der Waals surface area contributed by atoms with Gasteiger partial charge >= 0.3 is 10.8 Å². The van der Waals surface area contributed by atoms with Crippen molar-refractivity contribution in [3.05, 3.63) is 50.3 Å². The summed E-state index contributed by atoms with van der Waals surface area (Å²) in [5, 5.41) is 5.74. The second-order valence-corrected chi connectivity index (χ2v) is 6.57. The molecule has 0 unspecified atom stereocenters. The van der Waals surface area contributed by atoms with Crippen molar-refractivity contribution in [3.63, 3.8) is 0 Å². The lowest BCUT2D eigenvalue weighted by atomic mass is 10.2. The lowest BCUT2D eigenvalue weighted by Crippen LogP contribution is -2.35. The summed E-state index contributed by atoms with van der Waals surface area (Å²) in [7, 11) is 0. The molecule has 1 aromatic heterocycles. The number of halogens is 3. The number of anilines is 1. The minimum absolute atomic E-state index is 0.108. The van der Waals surface area contributed by atoms with Crippen molar-refractivity contribution < 1.29 is 32.3 Å². The number of esters is 1. The maximum Gasteiger partial charge on any atom is 0.308 e. The van der Waals surface area contributed by atoms with Crippen molar-refractivity contribution in [2.75, 3.05) is 18.5 Å². The van der Waals surface area contributed by atoms with Crippen molar-refractivity contribution in [1.29, 1.82) is 0 Å². The van der Waals surface area contributed by atoms with Crippen molar-refractivity contribution >= 4 is 34.8 Å². The molecule has 12 heteroatoms. The van der Waals surface area contributed by atoms with Crippen LogP contribution in [0.5, 0.6) is 0 Å². The largest absolute Gasteiger partial charge is 0.456 e. The average molecular weight is 431 g/mol. The van der Waals surface area contributed by atoms with Gasteiger partial charge in [-0.05, 0) is 19.1 Å². The van der Waals surface area contributed by atoms with Gasteiger partial charge < -0.3 is 19.9 Å². The molecule has 0 saturated carbocycles. The number of carbonyl (C=O) groups is 3. The number of thiazole rings is 1. The van der Waals surface area contributed by atoms with Gasteiger partial charge in [0.1, 0.15) is 0 Å². The standard InChI is InChI=1S/C17H16F3N3O5S/c1-9-8-29-17(27)23(9)5-4-14(26)28-7-13(25)21-6-12(24)22-11-3-2-10(18)15(19)16(11)20/h2-3,8H,4-7H2,1H3,(H,21,25)(H,22,24). The highest BCUT2D eigenvalue weighted by Crippen LogP contribution is 2.19. The van der Waals surface area contributed by atoms with Crippen LogP contribution in [0.1, 0.15) is 12.1 Å². The first-order valence-electron chi connectivity index (χ1n) is 8.19. The number of amides is 2. The van der Waals surface area contributed by atoms with Crippen LogP contribution >= 0.6 is 11.3 Å². The molecule has 29 heavy (non-hydrogen) atoms. The molecule has 2 aromatic rings. The molecular weight excluding hydrogens is 415 g/mol. The number of aromatic nitrogens is 1. The highest BCUT2D eigenvalue weighted by molar-refractivity contribution is 7.07. The first-order chi connectivity index (χ1) is 13.7. The second kappa shape index (κ2) is 9.87. The number of benzene rings is 1. The van der Waals surface area contributed by atoms with Crippen LogP contribution in [0.4, 0.5) is 18.9 Å². The van der Waals surface area contributed by atoms with Crippen LogP contribution in [0.3, 0.4) is 0 Å². The number of nitrogens with zero attached hydrogens (tertiary/aromatic N) is 1. The molecule has 8 nitrogen and oxygen atoms in total. The van der Waals surface area contributed by atoms with Crippen LogP contribution in [0.15, 0.2) is 22.3 Å². The third-order valence-corrected chi connectivity index (χ3v) is 4.52. The van der Waals surface area contributed by atoms with Crippen LogP contribution < -0.4 is 15.5 Å². The molecule has 1 heterocycles. The van der Waals surface area contributed by atoms with Gasteiger partial charge in [-0.3, -0.25) is 19.2 Å². The lowest BCUT2D eigenvalue weighted by molar-refractivity contribution is -0.148. The van der Waals surface area contributed by atoms with Gasteiger partial charge in [0.25, 0.3) is 5.91 Å². The van der Waals surface area contributed by atoms with E-state index >= 15 is 0 Å². The maximum absolute atomic E-state index is 13.5. The highest BCUT2D eigenvalue weighted by atomic mass is 32.1. The Kier molecular flexibility index (Phi) is 7.53. The maximum atomic E-state index is 13.5. The van der Waals surface area contributed by atoms with Gasteiger partial charge in [-0.2, -0.15) is 0 Å². The monoisotopic (exact) mass is 431 g/mol. The third-order valence-electron chi connectivity index (χ3n) is 3.64. The molecule has 1 aromatic carbocycles. The number of rotatable bonds is 8. The first-order valence-corrected chi connectivity index (χ1v) is 9.07. The zero-order valence-corrected chi connectivity index (χ0v) is 15.9. The fourth-order valence-corrected chi connectivity index (χ4v) is 2.90. The van der Waals surface area contributed by atoms with Crippen LogP contribution in [0.2, 0.25) is 0 Å². The van der Waals surface area contributed by atoms with Gasteiger partial charge in [-0.1, -0.05) is 11.3 Å². The fourth-order valence-electron chi connectivity index (χ4n) is 2.14. The molecule has 0 saturated heterocycles. The molecule has 0 aliphatic carbocycles. The van der Waals surface area contributed by atoms with E-state index in [1.165, 1.54) is 4.57 Å². The van der Waals surface area contributed by atoms with E-state index in [4.69, 9.17) is 4.74 Å². The molecule has 0 aliphatic heterocycles. The Hall–Kier alpha value is -3.15. The quantitative estimate of drug-likeness (QED) is 0.485.